The summed E-state index contributed by atoms with van der Waals surface area (Å²) < 4.78 is 47.9. The molecule has 0 aliphatic carbocycles. The maximum Gasteiger partial charge on any atom is 0.328 e. The molecule has 164 valence electrons. The normalized spacial score (nSPS) is 11.1. The number of benzene rings is 1. The van der Waals surface area contributed by atoms with Crippen molar-refractivity contribution >= 4 is 27.5 Å². The summed E-state index contributed by atoms with van der Waals surface area (Å²) in [5, 5.41) is 3.53. The van der Waals surface area contributed by atoms with Gasteiger partial charge in [0.25, 0.3) is 15.9 Å². The van der Waals surface area contributed by atoms with Gasteiger partial charge in [0.1, 0.15) is 17.0 Å². The number of hydrogen-bond acceptors (Lipinski definition) is 10. The lowest BCUT2D eigenvalue weighted by atomic mass is 10.2. The number of amides is 1. The Bertz CT molecular complexity index is 1200. The fourth-order valence-electron chi connectivity index (χ4n) is 2.63. The number of carbonyl (C=O) groups is 1. The largest absolute Gasteiger partial charge is 0.481 e. The van der Waals surface area contributed by atoms with E-state index in [1.165, 1.54) is 52.3 Å². The predicted molar refractivity (Wildman–Crippen MR) is 107 cm³/mol. The Labute approximate surface area is 182 Å². The van der Waals surface area contributed by atoms with Crippen molar-refractivity contribution in [2.75, 3.05) is 14.2 Å². The van der Waals surface area contributed by atoms with Crippen LogP contribution in [0.5, 0.6) is 23.5 Å². The molecule has 3 aromatic rings. The van der Waals surface area contributed by atoms with Crippen LogP contribution in [0.25, 0.3) is 0 Å². The van der Waals surface area contributed by atoms with Gasteiger partial charge in [0.2, 0.25) is 11.8 Å². The van der Waals surface area contributed by atoms with Crippen LogP contribution in [0.1, 0.15) is 21.8 Å². The Morgan fingerprint density at radius 2 is 1.77 bits per heavy atom. The van der Waals surface area contributed by atoms with Crippen LogP contribution in [0.15, 0.2) is 33.7 Å². The molecule has 11 nitrogen and oxygen atoms in total. The summed E-state index contributed by atoms with van der Waals surface area (Å²) in [7, 11) is -1.51. The van der Waals surface area contributed by atoms with Crippen molar-refractivity contribution in [1.82, 2.24) is 19.8 Å². The van der Waals surface area contributed by atoms with Gasteiger partial charge in [-0.05, 0) is 26.0 Å². The number of nitrogens with zero attached hydrogens (tertiary/aromatic N) is 3. The summed E-state index contributed by atoms with van der Waals surface area (Å²) in [5.74, 6) is -0.790. The average Bonchev–Trinajstić information content (AvgIpc) is 3.06. The molecule has 0 saturated heterocycles. The van der Waals surface area contributed by atoms with Crippen molar-refractivity contribution < 1.29 is 31.9 Å². The van der Waals surface area contributed by atoms with Crippen LogP contribution in [0, 0.1) is 13.8 Å². The van der Waals surface area contributed by atoms with E-state index in [1.54, 1.807) is 0 Å². The summed E-state index contributed by atoms with van der Waals surface area (Å²) >= 11 is 6.17. The molecule has 0 radical (unpaired) electrons. The van der Waals surface area contributed by atoms with E-state index in [0.29, 0.717) is 0 Å². The number of carbonyl (C=O) groups excluding carboxylic acids is 1. The van der Waals surface area contributed by atoms with Crippen LogP contribution < -0.4 is 18.9 Å². The first kappa shape index (κ1) is 22.3. The van der Waals surface area contributed by atoms with Crippen LogP contribution in [0.4, 0.5) is 0 Å². The van der Waals surface area contributed by atoms with Crippen LogP contribution >= 0.6 is 11.6 Å². The van der Waals surface area contributed by atoms with Gasteiger partial charge < -0.3 is 18.7 Å². The number of methoxy groups -OCH3 is 2. The van der Waals surface area contributed by atoms with E-state index in [9.17, 15) is 13.2 Å². The highest BCUT2D eigenvalue weighted by Crippen LogP contribution is 2.31. The second-order valence-corrected chi connectivity index (χ2v) is 8.06. The molecule has 31 heavy (non-hydrogen) atoms. The average molecular weight is 469 g/mol. The molecule has 13 heteroatoms. The van der Waals surface area contributed by atoms with E-state index in [1.807, 2.05) is 4.72 Å². The van der Waals surface area contributed by atoms with Gasteiger partial charge in [-0.15, -0.1) is 0 Å². The molecule has 0 unspecified atom stereocenters. The first-order chi connectivity index (χ1) is 14.7. The number of rotatable bonds is 7. The molecule has 1 N–H and O–H groups in total. The molecule has 0 fully saturated rings. The van der Waals surface area contributed by atoms with E-state index >= 15 is 0 Å². The molecule has 3 rings (SSSR count). The van der Waals surface area contributed by atoms with Crippen LogP contribution in [-0.2, 0) is 10.0 Å². The smallest absolute Gasteiger partial charge is 0.328 e. The van der Waals surface area contributed by atoms with Crippen LogP contribution in [0.2, 0.25) is 5.02 Å². The summed E-state index contributed by atoms with van der Waals surface area (Å²) in [4.78, 5) is 20.6. The maximum absolute atomic E-state index is 12.9. The molecule has 0 aliphatic rings. The van der Waals surface area contributed by atoms with Crippen molar-refractivity contribution in [3.8, 4) is 23.5 Å². The zero-order valence-corrected chi connectivity index (χ0v) is 18.4. The highest BCUT2D eigenvalue weighted by Gasteiger charge is 2.29. The van der Waals surface area contributed by atoms with Gasteiger partial charge in [-0.25, -0.2) is 13.1 Å². The summed E-state index contributed by atoms with van der Waals surface area (Å²) in [6.45, 7) is 2.85. The fraction of sp³-hybridized carbons (Fsp3) is 0.222. The molecule has 2 heterocycles. The quantitative estimate of drug-likeness (QED) is 0.549. The summed E-state index contributed by atoms with van der Waals surface area (Å²) in [6.07, 6.45) is 0. The lowest BCUT2D eigenvalue weighted by Crippen LogP contribution is -2.31. The van der Waals surface area contributed by atoms with Gasteiger partial charge in [-0.3, -0.25) is 4.79 Å². The molecule has 0 aliphatic heterocycles. The summed E-state index contributed by atoms with van der Waals surface area (Å²) in [6, 6.07) is 5.53. The summed E-state index contributed by atoms with van der Waals surface area (Å²) in [5.41, 5.74) is -0.143. The Balaban J connectivity index is 1.97. The van der Waals surface area contributed by atoms with E-state index in [-0.39, 0.29) is 50.5 Å². The Morgan fingerprint density at radius 1 is 1.13 bits per heavy atom. The topological polar surface area (TPSA) is 143 Å². The molecule has 1 aromatic carbocycles. The number of hydrogen-bond donors (Lipinski definition) is 1. The monoisotopic (exact) mass is 468 g/mol. The standard InChI is InChI=1S/C18H17ClN4O7S/c1-9-16(10(2)30-22-9)31(25,26)23-17(24)15-11(19)6-5-7-12(15)29-18-20-13(27-3)8-14(21-18)28-4/h5-8H,1-4H3,(H,23,24). The molecule has 2 aromatic heterocycles. The number of sulfonamides is 1. The molecular formula is C18H17ClN4O7S. The van der Waals surface area contributed by atoms with Gasteiger partial charge in [0.05, 0.1) is 25.3 Å². The Morgan fingerprint density at radius 3 is 2.32 bits per heavy atom. The van der Waals surface area contributed by atoms with Crippen LogP contribution in [-0.4, -0.2) is 43.7 Å². The molecular weight excluding hydrogens is 452 g/mol. The fourth-order valence-corrected chi connectivity index (χ4v) is 4.17. The number of aryl methyl sites for hydroxylation is 2. The van der Waals surface area contributed by atoms with E-state index in [2.05, 4.69) is 15.1 Å². The van der Waals surface area contributed by atoms with Gasteiger partial charge in [0, 0.05) is 0 Å². The first-order valence-corrected chi connectivity index (χ1v) is 10.5. The molecule has 0 atom stereocenters. The third kappa shape index (κ3) is 4.70. The predicted octanol–water partition coefficient (Wildman–Crippen LogP) is 2.66. The van der Waals surface area contributed by atoms with Gasteiger partial charge >= 0.3 is 6.01 Å². The van der Waals surface area contributed by atoms with Gasteiger partial charge in [0.15, 0.2) is 10.7 Å². The van der Waals surface area contributed by atoms with Crippen LogP contribution in [0.3, 0.4) is 0 Å². The lowest BCUT2D eigenvalue weighted by Gasteiger charge is -2.13. The van der Waals surface area contributed by atoms with Crippen molar-refractivity contribution in [3.05, 3.63) is 46.3 Å². The maximum atomic E-state index is 12.9. The third-order valence-electron chi connectivity index (χ3n) is 3.94. The molecule has 0 bridgehead atoms. The minimum absolute atomic E-state index is 0.0327. The molecule has 0 spiro atoms. The molecule has 0 saturated carbocycles. The SMILES string of the molecule is COc1cc(OC)nc(Oc2cccc(Cl)c2C(=O)NS(=O)(=O)c2c(C)noc2C)n1. The third-order valence-corrected chi connectivity index (χ3v) is 5.83. The second-order valence-electron chi connectivity index (χ2n) is 6.04. The second kappa shape index (κ2) is 8.78. The van der Waals surface area contributed by atoms with Crippen molar-refractivity contribution in [2.45, 2.75) is 18.7 Å². The zero-order valence-electron chi connectivity index (χ0n) is 16.8. The van der Waals surface area contributed by atoms with Gasteiger partial charge in [-0.1, -0.05) is 22.8 Å². The lowest BCUT2D eigenvalue weighted by molar-refractivity contribution is 0.0979. The number of nitrogens with one attached hydrogen (secondary N) is 1. The minimum atomic E-state index is -4.29. The van der Waals surface area contributed by atoms with Crippen molar-refractivity contribution in [3.63, 3.8) is 0 Å². The number of aromatic nitrogens is 3. The van der Waals surface area contributed by atoms with E-state index in [4.69, 9.17) is 30.3 Å². The zero-order chi connectivity index (χ0) is 22.8. The van der Waals surface area contributed by atoms with Crippen molar-refractivity contribution in [2.24, 2.45) is 0 Å². The Kier molecular flexibility index (Phi) is 6.32. The minimum Gasteiger partial charge on any atom is -0.481 e. The van der Waals surface area contributed by atoms with Crippen molar-refractivity contribution in [1.29, 1.82) is 0 Å². The molecule has 1 amide bonds. The van der Waals surface area contributed by atoms with E-state index < -0.39 is 15.9 Å². The van der Waals surface area contributed by atoms with E-state index in [0.717, 1.165) is 0 Å². The first-order valence-electron chi connectivity index (χ1n) is 8.59. The highest BCUT2D eigenvalue weighted by molar-refractivity contribution is 7.90. The highest BCUT2D eigenvalue weighted by atomic mass is 35.5. The van der Waals surface area contributed by atoms with Gasteiger partial charge in [-0.2, -0.15) is 9.97 Å². The number of halogens is 1. The number of ether oxygens (including phenoxy) is 3. The Hall–Kier alpha value is -3.38.